The molecule has 0 fully saturated rings. The lowest BCUT2D eigenvalue weighted by Gasteiger charge is -2.10. The van der Waals surface area contributed by atoms with Gasteiger partial charge >= 0.3 is 0 Å². The maximum atomic E-state index is 6.40. The van der Waals surface area contributed by atoms with E-state index in [-0.39, 0.29) is 0 Å². The SMILES string of the molecule is c1ccc(-c2nc(-n3c4ccccc4c4cc5c6ccccc6n(-c6ccncc6)c5cc43)nc3c2oc2ccccc23)cc1. The molecule has 10 rings (SSSR count). The average Bonchev–Trinajstić information content (AvgIpc) is 3.75. The second-order valence-corrected chi connectivity index (χ2v) is 11.3. The summed E-state index contributed by atoms with van der Waals surface area (Å²) in [5, 5.41) is 5.67. The predicted molar refractivity (Wildman–Crippen MR) is 181 cm³/mol. The highest BCUT2D eigenvalue weighted by Gasteiger charge is 2.22. The number of aromatic nitrogens is 5. The lowest BCUT2D eigenvalue weighted by molar-refractivity contribution is 0.666. The van der Waals surface area contributed by atoms with Crippen LogP contribution in [0.2, 0.25) is 0 Å². The number of fused-ring (bicyclic) bond motifs is 9. The van der Waals surface area contributed by atoms with Gasteiger partial charge in [-0.25, -0.2) is 9.97 Å². The van der Waals surface area contributed by atoms with E-state index < -0.39 is 0 Å². The molecule has 0 aliphatic heterocycles. The van der Waals surface area contributed by atoms with Crippen LogP contribution in [0.3, 0.4) is 0 Å². The molecule has 0 atom stereocenters. The summed E-state index contributed by atoms with van der Waals surface area (Å²) in [7, 11) is 0. The number of benzene rings is 5. The van der Waals surface area contributed by atoms with Gasteiger partial charge in [0.25, 0.3) is 0 Å². The first-order valence-corrected chi connectivity index (χ1v) is 15.0. The molecule has 45 heavy (non-hydrogen) atoms. The number of furan rings is 1. The number of hydrogen-bond acceptors (Lipinski definition) is 4. The smallest absolute Gasteiger partial charge is 0.236 e. The van der Waals surface area contributed by atoms with E-state index in [1.54, 1.807) is 0 Å². The molecule has 5 aromatic carbocycles. The lowest BCUT2D eigenvalue weighted by Crippen LogP contribution is -2.03. The van der Waals surface area contributed by atoms with Gasteiger partial charge in [0, 0.05) is 50.6 Å². The summed E-state index contributed by atoms with van der Waals surface area (Å²) in [5.74, 6) is 0.602. The molecule has 0 bridgehead atoms. The Hall–Kier alpha value is -6.27. The summed E-state index contributed by atoms with van der Waals surface area (Å²) < 4.78 is 10.9. The molecular weight excluding hydrogens is 554 g/mol. The summed E-state index contributed by atoms with van der Waals surface area (Å²) in [6.07, 6.45) is 3.68. The van der Waals surface area contributed by atoms with Crippen molar-refractivity contribution < 1.29 is 4.42 Å². The highest BCUT2D eigenvalue weighted by atomic mass is 16.3. The fourth-order valence-corrected chi connectivity index (χ4v) is 6.89. The van der Waals surface area contributed by atoms with Gasteiger partial charge in [-0.05, 0) is 48.5 Å². The second kappa shape index (κ2) is 9.11. The molecule has 0 N–H and O–H groups in total. The largest absolute Gasteiger partial charge is 0.452 e. The molecule has 0 amide bonds. The Morgan fingerprint density at radius 1 is 0.489 bits per heavy atom. The van der Waals surface area contributed by atoms with Crippen molar-refractivity contribution in [3.63, 3.8) is 0 Å². The molecule has 0 saturated carbocycles. The van der Waals surface area contributed by atoms with Crippen molar-refractivity contribution in [2.45, 2.75) is 0 Å². The third kappa shape index (κ3) is 3.42. The van der Waals surface area contributed by atoms with Gasteiger partial charge in [0.1, 0.15) is 16.8 Å². The van der Waals surface area contributed by atoms with Crippen LogP contribution in [-0.2, 0) is 0 Å². The Morgan fingerprint density at radius 3 is 1.87 bits per heavy atom. The van der Waals surface area contributed by atoms with Gasteiger partial charge in [0.2, 0.25) is 5.95 Å². The van der Waals surface area contributed by atoms with Gasteiger partial charge in [-0.15, -0.1) is 0 Å². The molecule has 6 nitrogen and oxygen atoms in total. The summed E-state index contributed by atoms with van der Waals surface area (Å²) in [6, 6.07) is 44.1. The van der Waals surface area contributed by atoms with Gasteiger partial charge < -0.3 is 8.98 Å². The molecule has 0 saturated heterocycles. The highest BCUT2D eigenvalue weighted by Crippen LogP contribution is 2.40. The van der Waals surface area contributed by atoms with Crippen molar-refractivity contribution >= 4 is 65.7 Å². The van der Waals surface area contributed by atoms with Crippen molar-refractivity contribution in [1.29, 1.82) is 0 Å². The summed E-state index contributed by atoms with van der Waals surface area (Å²) in [4.78, 5) is 14.8. The fourth-order valence-electron chi connectivity index (χ4n) is 6.89. The van der Waals surface area contributed by atoms with Gasteiger partial charge in [-0.3, -0.25) is 9.55 Å². The Morgan fingerprint density at radius 2 is 1.11 bits per heavy atom. The highest BCUT2D eigenvalue weighted by molar-refractivity contribution is 6.19. The zero-order valence-corrected chi connectivity index (χ0v) is 23.9. The van der Waals surface area contributed by atoms with Crippen LogP contribution in [0, 0.1) is 0 Å². The van der Waals surface area contributed by atoms with Gasteiger partial charge in [-0.1, -0.05) is 78.9 Å². The van der Waals surface area contributed by atoms with E-state index in [4.69, 9.17) is 14.4 Å². The molecule has 0 unspecified atom stereocenters. The van der Waals surface area contributed by atoms with Gasteiger partial charge in [0.15, 0.2) is 5.58 Å². The van der Waals surface area contributed by atoms with Crippen LogP contribution in [0.25, 0.3) is 88.6 Å². The summed E-state index contributed by atoms with van der Waals surface area (Å²) in [6.45, 7) is 0. The monoisotopic (exact) mass is 577 g/mol. The third-order valence-corrected chi connectivity index (χ3v) is 8.84. The van der Waals surface area contributed by atoms with E-state index in [2.05, 4.69) is 105 Å². The molecule has 0 aliphatic carbocycles. The lowest BCUT2D eigenvalue weighted by atomic mass is 10.1. The zero-order valence-electron chi connectivity index (χ0n) is 23.9. The molecule has 5 heterocycles. The number of pyridine rings is 1. The molecule has 0 radical (unpaired) electrons. The molecule has 10 aromatic rings. The molecule has 5 aromatic heterocycles. The van der Waals surface area contributed by atoms with E-state index in [1.807, 2.05) is 48.8 Å². The van der Waals surface area contributed by atoms with E-state index in [9.17, 15) is 0 Å². The normalized spacial score (nSPS) is 12.0. The Kier molecular flexibility index (Phi) is 4.90. The van der Waals surface area contributed by atoms with Crippen LogP contribution in [-0.4, -0.2) is 24.1 Å². The average molecular weight is 578 g/mol. The number of hydrogen-bond donors (Lipinski definition) is 0. The minimum Gasteiger partial charge on any atom is -0.452 e. The minimum atomic E-state index is 0.602. The predicted octanol–water partition coefficient (Wildman–Crippen LogP) is 9.63. The van der Waals surface area contributed by atoms with Crippen molar-refractivity contribution in [2.24, 2.45) is 0 Å². The molecular formula is C39H23N5O. The topological polar surface area (TPSA) is 61.7 Å². The molecule has 210 valence electrons. The van der Waals surface area contributed by atoms with E-state index in [0.717, 1.165) is 66.3 Å². The van der Waals surface area contributed by atoms with Crippen LogP contribution < -0.4 is 0 Å². The second-order valence-electron chi connectivity index (χ2n) is 11.3. The Balaban J connectivity index is 1.37. The number of rotatable bonds is 3. The van der Waals surface area contributed by atoms with E-state index in [0.29, 0.717) is 11.5 Å². The number of para-hydroxylation sites is 3. The first-order chi connectivity index (χ1) is 22.3. The van der Waals surface area contributed by atoms with Crippen molar-refractivity contribution in [3.05, 3.63) is 140 Å². The fraction of sp³-hybridized carbons (Fsp3) is 0. The third-order valence-electron chi connectivity index (χ3n) is 8.84. The van der Waals surface area contributed by atoms with Gasteiger partial charge in [0.05, 0.1) is 22.1 Å². The quantitative estimate of drug-likeness (QED) is 0.210. The van der Waals surface area contributed by atoms with Crippen molar-refractivity contribution in [3.8, 4) is 22.9 Å². The first-order valence-electron chi connectivity index (χ1n) is 15.0. The first kappa shape index (κ1) is 24.2. The minimum absolute atomic E-state index is 0.602. The number of nitrogens with zero attached hydrogens (tertiary/aromatic N) is 5. The molecule has 6 heteroatoms. The summed E-state index contributed by atoms with van der Waals surface area (Å²) in [5.41, 5.74) is 9.43. The summed E-state index contributed by atoms with van der Waals surface area (Å²) >= 11 is 0. The standard InChI is InChI=1S/C39H23N5O/c1-2-10-24(11-3-1)36-38-37(28-14-6-9-17-35(28)45-38)42-39(41-36)44-32-16-8-5-13-27(32)30-22-29-26-12-4-7-15-31(26)43(33(29)23-34(30)44)25-18-20-40-21-19-25/h1-23H. The van der Waals surface area contributed by atoms with Crippen LogP contribution in [0.1, 0.15) is 0 Å². The van der Waals surface area contributed by atoms with Crippen molar-refractivity contribution in [1.82, 2.24) is 24.1 Å². The van der Waals surface area contributed by atoms with Crippen LogP contribution in [0.4, 0.5) is 0 Å². The van der Waals surface area contributed by atoms with Crippen LogP contribution in [0.5, 0.6) is 0 Å². The van der Waals surface area contributed by atoms with Crippen LogP contribution >= 0.6 is 0 Å². The maximum absolute atomic E-state index is 6.40. The van der Waals surface area contributed by atoms with Crippen molar-refractivity contribution in [2.75, 3.05) is 0 Å². The maximum Gasteiger partial charge on any atom is 0.236 e. The molecule has 0 spiro atoms. The van der Waals surface area contributed by atoms with Crippen LogP contribution in [0.15, 0.2) is 144 Å². The zero-order chi connectivity index (χ0) is 29.5. The Bertz CT molecular complexity index is 2760. The molecule has 0 aliphatic rings. The van der Waals surface area contributed by atoms with Gasteiger partial charge in [-0.2, -0.15) is 0 Å². The van der Waals surface area contributed by atoms with E-state index >= 15 is 0 Å². The van der Waals surface area contributed by atoms with E-state index in [1.165, 1.54) is 10.8 Å². The Labute approximate surface area is 256 Å².